The largest absolute Gasteiger partial charge is 0.507 e. The molecule has 0 bridgehead atoms. The second-order valence-electron chi connectivity index (χ2n) is 3.76. The molecule has 4 nitrogen and oxygen atoms in total. The molecule has 0 heterocycles. The van der Waals surface area contributed by atoms with Gasteiger partial charge in [-0.3, -0.25) is 4.79 Å². The zero-order valence-electron chi connectivity index (χ0n) is 9.95. The average molecular weight is 381 g/mol. The molecule has 18 heavy (non-hydrogen) atoms. The molecule has 0 aliphatic rings. The van der Waals surface area contributed by atoms with Gasteiger partial charge in [0.25, 0.3) is 5.91 Å². The van der Waals surface area contributed by atoms with E-state index < -0.39 is 0 Å². The molecule has 1 aromatic rings. The molecule has 6 heteroatoms. The van der Waals surface area contributed by atoms with Gasteiger partial charge >= 0.3 is 0 Å². The van der Waals surface area contributed by atoms with Crippen molar-refractivity contribution < 1.29 is 14.6 Å². The zero-order chi connectivity index (χ0) is 13.5. The predicted octanol–water partition coefficient (Wildman–Crippen LogP) is 2.68. The monoisotopic (exact) mass is 379 g/mol. The third kappa shape index (κ3) is 4.59. The third-order valence-electron chi connectivity index (χ3n) is 2.36. The Kier molecular flexibility index (Phi) is 6.67. The number of aromatic hydroxyl groups is 1. The lowest BCUT2D eigenvalue weighted by Crippen LogP contribution is -2.38. The van der Waals surface area contributed by atoms with Gasteiger partial charge in [-0.15, -0.1) is 0 Å². The van der Waals surface area contributed by atoms with Gasteiger partial charge in [0.05, 0.1) is 18.2 Å². The number of rotatable bonds is 6. The first-order valence-electron chi connectivity index (χ1n) is 5.42. The second kappa shape index (κ2) is 7.76. The molecule has 0 aliphatic carbocycles. The number of benzene rings is 1. The van der Waals surface area contributed by atoms with Crippen molar-refractivity contribution >= 4 is 37.8 Å². The maximum Gasteiger partial charge on any atom is 0.255 e. The van der Waals surface area contributed by atoms with Crippen molar-refractivity contribution in [2.45, 2.75) is 12.5 Å². The molecular weight excluding hydrogens is 366 g/mol. The van der Waals surface area contributed by atoms with E-state index in [-0.39, 0.29) is 23.3 Å². The van der Waals surface area contributed by atoms with Crippen LogP contribution in [0.4, 0.5) is 0 Å². The first-order chi connectivity index (χ1) is 8.58. The van der Waals surface area contributed by atoms with Crippen LogP contribution in [-0.4, -0.2) is 36.1 Å². The number of amides is 1. The fourth-order valence-electron chi connectivity index (χ4n) is 1.48. The number of phenols is 1. The molecule has 1 unspecified atom stereocenters. The lowest BCUT2D eigenvalue weighted by atomic mass is 10.1. The molecule has 0 spiro atoms. The smallest absolute Gasteiger partial charge is 0.255 e. The summed E-state index contributed by atoms with van der Waals surface area (Å²) in [7, 11) is 1.59. The number of halogens is 2. The molecule has 1 atom stereocenters. The molecule has 0 saturated carbocycles. The number of hydrogen-bond acceptors (Lipinski definition) is 3. The highest BCUT2D eigenvalue weighted by molar-refractivity contribution is 9.10. The highest BCUT2D eigenvalue weighted by Gasteiger charge is 2.16. The number of alkyl halides is 1. The second-order valence-corrected chi connectivity index (χ2v) is 5.47. The summed E-state index contributed by atoms with van der Waals surface area (Å²) >= 11 is 6.60. The Hall–Kier alpha value is -0.590. The van der Waals surface area contributed by atoms with E-state index in [2.05, 4.69) is 37.2 Å². The molecule has 0 saturated heterocycles. The van der Waals surface area contributed by atoms with Crippen molar-refractivity contribution in [2.24, 2.45) is 0 Å². The van der Waals surface area contributed by atoms with Crippen LogP contribution >= 0.6 is 31.9 Å². The van der Waals surface area contributed by atoms with Gasteiger partial charge in [0.15, 0.2) is 0 Å². The Labute approximate surface area is 123 Å². The Balaban J connectivity index is 2.76. The lowest BCUT2D eigenvalue weighted by molar-refractivity contribution is 0.0893. The van der Waals surface area contributed by atoms with Crippen LogP contribution < -0.4 is 5.32 Å². The Bertz CT molecular complexity index is 406. The fraction of sp³-hybridized carbons (Fsp3) is 0.417. The summed E-state index contributed by atoms with van der Waals surface area (Å²) in [5.74, 6) is -0.345. The molecule has 1 aromatic carbocycles. The predicted molar refractivity (Wildman–Crippen MR) is 77.3 cm³/mol. The van der Waals surface area contributed by atoms with Crippen molar-refractivity contribution in [1.29, 1.82) is 0 Å². The van der Waals surface area contributed by atoms with Crippen LogP contribution in [0.5, 0.6) is 5.75 Å². The van der Waals surface area contributed by atoms with Gasteiger partial charge in [0, 0.05) is 16.9 Å². The minimum atomic E-state index is -0.309. The molecule has 0 fully saturated rings. The van der Waals surface area contributed by atoms with E-state index in [9.17, 15) is 9.90 Å². The van der Waals surface area contributed by atoms with E-state index in [1.54, 1.807) is 19.2 Å². The summed E-state index contributed by atoms with van der Waals surface area (Å²) in [5.41, 5.74) is 0.250. The summed E-state index contributed by atoms with van der Waals surface area (Å²) in [4.78, 5) is 12.0. The van der Waals surface area contributed by atoms with Crippen LogP contribution in [0.3, 0.4) is 0 Å². The van der Waals surface area contributed by atoms with Gasteiger partial charge in [-0.05, 0) is 24.6 Å². The number of carbonyl (C=O) groups is 1. The van der Waals surface area contributed by atoms with Gasteiger partial charge in [-0.25, -0.2) is 0 Å². The molecule has 1 amide bonds. The van der Waals surface area contributed by atoms with Crippen LogP contribution in [0.15, 0.2) is 22.7 Å². The highest BCUT2D eigenvalue weighted by Crippen LogP contribution is 2.21. The van der Waals surface area contributed by atoms with Crippen LogP contribution in [0.1, 0.15) is 16.8 Å². The minimum absolute atomic E-state index is 0.0364. The average Bonchev–Trinajstić information content (AvgIpc) is 2.33. The Morgan fingerprint density at radius 3 is 2.89 bits per heavy atom. The molecule has 0 aliphatic heterocycles. The van der Waals surface area contributed by atoms with Crippen molar-refractivity contribution in [3.63, 3.8) is 0 Å². The normalized spacial score (nSPS) is 12.2. The summed E-state index contributed by atoms with van der Waals surface area (Å²) < 4.78 is 5.78. The van der Waals surface area contributed by atoms with E-state index in [0.717, 1.165) is 16.2 Å². The first-order valence-corrected chi connectivity index (χ1v) is 7.34. The first kappa shape index (κ1) is 15.5. The molecule has 0 radical (unpaired) electrons. The van der Waals surface area contributed by atoms with Gasteiger partial charge < -0.3 is 15.2 Å². The topological polar surface area (TPSA) is 58.6 Å². The number of carbonyl (C=O) groups excluding carboxylic acids is 1. The number of phenolic OH excluding ortho intramolecular Hbond substituents is 1. The van der Waals surface area contributed by atoms with Gasteiger partial charge in [0.1, 0.15) is 5.75 Å². The zero-order valence-corrected chi connectivity index (χ0v) is 13.1. The van der Waals surface area contributed by atoms with Gasteiger partial charge in [-0.1, -0.05) is 31.9 Å². The number of hydrogen-bond donors (Lipinski definition) is 2. The van der Waals surface area contributed by atoms with E-state index in [0.29, 0.717) is 6.61 Å². The van der Waals surface area contributed by atoms with Gasteiger partial charge in [-0.2, -0.15) is 0 Å². The van der Waals surface area contributed by atoms with Gasteiger partial charge in [0.2, 0.25) is 0 Å². The van der Waals surface area contributed by atoms with E-state index in [1.165, 1.54) is 6.07 Å². The van der Waals surface area contributed by atoms with Crippen molar-refractivity contribution in [2.75, 3.05) is 19.0 Å². The number of ether oxygens (including phenoxy) is 1. The number of nitrogens with one attached hydrogen (secondary N) is 1. The molecule has 2 N–H and O–H groups in total. The molecule has 0 aromatic heterocycles. The van der Waals surface area contributed by atoms with Crippen LogP contribution in [0.25, 0.3) is 0 Å². The summed E-state index contributed by atoms with van der Waals surface area (Å²) in [6, 6.07) is 4.66. The summed E-state index contributed by atoms with van der Waals surface area (Å²) in [5, 5.41) is 13.3. The summed E-state index contributed by atoms with van der Waals surface area (Å²) in [6.45, 7) is 0.437. The maximum absolute atomic E-state index is 12.0. The molecular formula is C12H15Br2NO3. The van der Waals surface area contributed by atoms with Crippen LogP contribution in [0, 0.1) is 0 Å². The van der Waals surface area contributed by atoms with Crippen molar-refractivity contribution in [1.82, 2.24) is 5.32 Å². The molecule has 100 valence electrons. The van der Waals surface area contributed by atoms with Crippen LogP contribution in [0.2, 0.25) is 0 Å². The van der Waals surface area contributed by atoms with Crippen molar-refractivity contribution in [3.8, 4) is 5.75 Å². The number of methoxy groups -OCH3 is 1. The SMILES string of the molecule is COCC(CCBr)NC(=O)c1cc(Br)ccc1O. The van der Waals surface area contributed by atoms with E-state index >= 15 is 0 Å². The van der Waals surface area contributed by atoms with Crippen LogP contribution in [-0.2, 0) is 4.74 Å². The quantitative estimate of drug-likeness (QED) is 0.746. The van der Waals surface area contributed by atoms with E-state index in [4.69, 9.17) is 4.74 Å². The highest BCUT2D eigenvalue weighted by atomic mass is 79.9. The standard InChI is InChI=1S/C12H15Br2NO3/c1-18-7-9(4-5-13)15-12(17)10-6-8(14)2-3-11(10)16/h2-3,6,9,16H,4-5,7H2,1H3,(H,15,17). The third-order valence-corrected chi connectivity index (χ3v) is 3.31. The van der Waals surface area contributed by atoms with E-state index in [1.807, 2.05) is 0 Å². The van der Waals surface area contributed by atoms with Crippen molar-refractivity contribution in [3.05, 3.63) is 28.2 Å². The Morgan fingerprint density at radius 1 is 1.56 bits per heavy atom. The molecule has 1 rings (SSSR count). The lowest BCUT2D eigenvalue weighted by Gasteiger charge is -2.17. The Morgan fingerprint density at radius 2 is 2.28 bits per heavy atom. The minimum Gasteiger partial charge on any atom is -0.507 e. The fourth-order valence-corrected chi connectivity index (χ4v) is 2.40. The maximum atomic E-state index is 12.0. The summed E-state index contributed by atoms with van der Waals surface area (Å²) in [6.07, 6.45) is 0.758.